The van der Waals surface area contributed by atoms with Crippen molar-refractivity contribution in [1.29, 1.82) is 0 Å². The maximum Gasteiger partial charge on any atom is 0.407 e. The van der Waals surface area contributed by atoms with Gasteiger partial charge in [0.2, 0.25) is 0 Å². The van der Waals surface area contributed by atoms with Gasteiger partial charge in [0.05, 0.1) is 0 Å². The van der Waals surface area contributed by atoms with Crippen LogP contribution in [0.5, 0.6) is 0 Å². The number of carbonyl (C=O) groups excluding carboxylic acids is 1. The van der Waals surface area contributed by atoms with Gasteiger partial charge in [-0.3, -0.25) is 0 Å². The van der Waals surface area contributed by atoms with E-state index in [1.807, 2.05) is 20.8 Å². The number of nitrogens with one attached hydrogen (secondary N) is 1. The molecule has 0 aromatic carbocycles. The second-order valence-corrected chi connectivity index (χ2v) is 6.43. The van der Waals surface area contributed by atoms with E-state index in [4.69, 9.17) is 9.84 Å². The maximum absolute atomic E-state index is 11.6. The third kappa shape index (κ3) is 2.92. The van der Waals surface area contributed by atoms with Crippen molar-refractivity contribution in [3.05, 3.63) is 0 Å². The van der Waals surface area contributed by atoms with E-state index in [0.29, 0.717) is 17.8 Å². The predicted octanol–water partition coefficient (Wildman–Crippen LogP) is 1.92. The Morgan fingerprint density at radius 3 is 2.65 bits per heavy atom. The number of hydrogen-bond acceptors (Lipinski definition) is 3. The van der Waals surface area contributed by atoms with Gasteiger partial charge in [0.15, 0.2) is 0 Å². The highest BCUT2D eigenvalue weighted by Gasteiger charge is 2.48. The maximum atomic E-state index is 11.6. The fraction of sp³-hybridized carbons (Fsp3) is 0.923. The summed E-state index contributed by atoms with van der Waals surface area (Å²) in [7, 11) is 0. The summed E-state index contributed by atoms with van der Waals surface area (Å²) in [5.41, 5.74) is -0.434. The summed E-state index contributed by atoms with van der Waals surface area (Å²) in [6.45, 7) is 5.89. The zero-order chi connectivity index (χ0) is 12.6. The number of rotatable bonds is 2. The molecular weight excluding hydrogens is 218 g/mol. The van der Waals surface area contributed by atoms with Gasteiger partial charge in [-0.15, -0.1) is 0 Å². The van der Waals surface area contributed by atoms with Gasteiger partial charge in [0.25, 0.3) is 0 Å². The van der Waals surface area contributed by atoms with Crippen LogP contribution in [0.1, 0.15) is 40.0 Å². The van der Waals surface area contributed by atoms with Gasteiger partial charge in [-0.1, -0.05) is 0 Å². The first kappa shape index (κ1) is 12.7. The van der Waals surface area contributed by atoms with Crippen molar-refractivity contribution in [3.63, 3.8) is 0 Å². The van der Waals surface area contributed by atoms with E-state index in [1.54, 1.807) is 0 Å². The molecule has 2 unspecified atom stereocenters. The summed E-state index contributed by atoms with van der Waals surface area (Å²) < 4.78 is 5.25. The van der Waals surface area contributed by atoms with E-state index >= 15 is 0 Å². The van der Waals surface area contributed by atoms with Crippen molar-refractivity contribution in [2.24, 2.45) is 17.8 Å². The molecule has 0 aliphatic heterocycles. The Labute approximate surface area is 103 Å². The summed E-state index contributed by atoms with van der Waals surface area (Å²) in [6, 6.07) is 0.256. The lowest BCUT2D eigenvalue weighted by Gasteiger charge is -2.40. The normalized spacial score (nSPS) is 36.0. The predicted molar refractivity (Wildman–Crippen MR) is 64.6 cm³/mol. The minimum Gasteiger partial charge on any atom is -0.444 e. The number of alkyl carbamates (subject to hydrolysis) is 1. The lowest BCUT2D eigenvalue weighted by molar-refractivity contribution is 0.0385. The van der Waals surface area contributed by atoms with Gasteiger partial charge in [0.1, 0.15) is 5.60 Å². The molecule has 4 atom stereocenters. The average Bonchev–Trinajstić information content (AvgIpc) is 2.49. The Morgan fingerprint density at radius 2 is 2.06 bits per heavy atom. The first-order chi connectivity index (χ1) is 7.89. The molecule has 0 heterocycles. The largest absolute Gasteiger partial charge is 0.444 e. The van der Waals surface area contributed by atoms with Gasteiger partial charge < -0.3 is 15.2 Å². The molecule has 2 rings (SSSR count). The van der Waals surface area contributed by atoms with E-state index in [2.05, 4.69) is 5.32 Å². The molecule has 2 aliphatic rings. The molecule has 17 heavy (non-hydrogen) atoms. The SMILES string of the molecule is CC(C)(C)OC(=O)NC1C[C@@H]2CC(CO)C[C@H]12. The summed E-state index contributed by atoms with van der Waals surface area (Å²) in [5, 5.41) is 12.1. The summed E-state index contributed by atoms with van der Waals surface area (Å²) in [5.74, 6) is 1.70. The van der Waals surface area contributed by atoms with Gasteiger partial charge >= 0.3 is 6.09 Å². The first-order valence-electron chi connectivity index (χ1n) is 6.49. The average molecular weight is 241 g/mol. The molecule has 0 saturated heterocycles. The summed E-state index contributed by atoms with van der Waals surface area (Å²) >= 11 is 0. The van der Waals surface area contributed by atoms with Crippen molar-refractivity contribution >= 4 is 6.09 Å². The minimum atomic E-state index is -0.434. The van der Waals surface area contributed by atoms with Crippen LogP contribution in [0, 0.1) is 17.8 Å². The fourth-order valence-corrected chi connectivity index (χ4v) is 3.12. The minimum absolute atomic E-state index is 0.256. The van der Waals surface area contributed by atoms with Crippen LogP contribution in [0.2, 0.25) is 0 Å². The molecule has 0 aromatic rings. The molecule has 2 aliphatic carbocycles. The van der Waals surface area contributed by atoms with E-state index in [1.165, 1.54) is 0 Å². The highest BCUT2D eigenvalue weighted by atomic mass is 16.6. The molecule has 0 radical (unpaired) electrons. The molecule has 0 spiro atoms. The Kier molecular flexibility index (Phi) is 3.34. The number of hydrogen-bond donors (Lipinski definition) is 2. The van der Waals surface area contributed by atoms with Gasteiger partial charge in [0, 0.05) is 12.6 Å². The monoisotopic (exact) mass is 241 g/mol. The van der Waals surface area contributed by atoms with Crippen molar-refractivity contribution < 1.29 is 14.6 Å². The van der Waals surface area contributed by atoms with Crippen molar-refractivity contribution in [2.45, 2.75) is 51.7 Å². The Bertz CT molecular complexity index is 298. The molecule has 2 N–H and O–H groups in total. The van der Waals surface area contributed by atoms with Crippen molar-refractivity contribution in [1.82, 2.24) is 5.32 Å². The Balaban J connectivity index is 1.77. The quantitative estimate of drug-likeness (QED) is 0.776. The second kappa shape index (κ2) is 4.48. The lowest BCUT2D eigenvalue weighted by Crippen LogP contribution is -2.51. The van der Waals surface area contributed by atoms with E-state index in [9.17, 15) is 4.79 Å². The molecule has 1 amide bonds. The number of fused-ring (bicyclic) bond motifs is 1. The van der Waals surface area contributed by atoms with Crippen LogP contribution in [-0.4, -0.2) is 29.4 Å². The third-order valence-corrected chi connectivity index (χ3v) is 3.88. The van der Waals surface area contributed by atoms with Crippen LogP contribution in [-0.2, 0) is 4.74 Å². The zero-order valence-corrected chi connectivity index (χ0v) is 10.9. The van der Waals surface area contributed by atoms with Crippen LogP contribution < -0.4 is 5.32 Å². The van der Waals surface area contributed by atoms with Crippen LogP contribution in [0.3, 0.4) is 0 Å². The van der Waals surface area contributed by atoms with Crippen molar-refractivity contribution in [2.75, 3.05) is 6.61 Å². The van der Waals surface area contributed by atoms with Crippen molar-refractivity contribution in [3.8, 4) is 0 Å². The van der Waals surface area contributed by atoms with Gasteiger partial charge in [-0.25, -0.2) is 4.79 Å². The molecule has 0 bridgehead atoms. The summed E-state index contributed by atoms with van der Waals surface area (Å²) in [6.07, 6.45) is 2.89. The highest BCUT2D eigenvalue weighted by molar-refractivity contribution is 5.68. The van der Waals surface area contributed by atoms with E-state index < -0.39 is 5.60 Å². The smallest absolute Gasteiger partial charge is 0.407 e. The molecule has 98 valence electrons. The first-order valence-corrected chi connectivity index (χ1v) is 6.49. The number of amides is 1. The molecular formula is C13H23NO3. The van der Waals surface area contributed by atoms with Crippen LogP contribution in [0.4, 0.5) is 4.79 Å². The van der Waals surface area contributed by atoms with E-state index in [0.717, 1.165) is 19.3 Å². The van der Waals surface area contributed by atoms with Gasteiger partial charge in [-0.05, 0) is 57.8 Å². The number of aliphatic hydroxyl groups is 1. The lowest BCUT2D eigenvalue weighted by atomic mass is 9.71. The molecule has 4 nitrogen and oxygen atoms in total. The fourth-order valence-electron chi connectivity index (χ4n) is 3.12. The summed E-state index contributed by atoms with van der Waals surface area (Å²) in [4.78, 5) is 11.6. The number of ether oxygens (including phenoxy) is 1. The molecule has 0 aromatic heterocycles. The van der Waals surface area contributed by atoms with Crippen LogP contribution >= 0.6 is 0 Å². The third-order valence-electron chi connectivity index (χ3n) is 3.88. The zero-order valence-electron chi connectivity index (χ0n) is 10.9. The highest BCUT2D eigenvalue weighted by Crippen LogP contribution is 2.49. The second-order valence-electron chi connectivity index (χ2n) is 6.43. The topological polar surface area (TPSA) is 58.6 Å². The van der Waals surface area contributed by atoms with Gasteiger partial charge in [-0.2, -0.15) is 0 Å². The number of aliphatic hydroxyl groups excluding tert-OH is 1. The molecule has 2 fully saturated rings. The molecule has 4 heteroatoms. The standard InChI is InChI=1S/C13H23NO3/c1-13(2,3)17-12(16)14-11-6-9-4-8(7-15)5-10(9)11/h8-11,15H,4-7H2,1-3H3,(H,14,16)/t8?,9-,10-,11?/m0/s1. The Hall–Kier alpha value is -0.770. The van der Waals surface area contributed by atoms with E-state index in [-0.39, 0.29) is 18.7 Å². The van der Waals surface area contributed by atoms with Crippen LogP contribution in [0.25, 0.3) is 0 Å². The number of carbonyl (C=O) groups is 1. The molecule has 2 saturated carbocycles. The Morgan fingerprint density at radius 1 is 1.35 bits per heavy atom. The van der Waals surface area contributed by atoms with Crippen LogP contribution in [0.15, 0.2) is 0 Å².